The SMILES string of the molecule is NC(=O)c1cccc(-n2ccc3cc(NC(=O)Nc4ccc(Cl)c(C(F)(F)F)c4)ccc32)n1. The minimum Gasteiger partial charge on any atom is -0.364 e. The lowest BCUT2D eigenvalue weighted by molar-refractivity contribution is -0.137. The summed E-state index contributed by atoms with van der Waals surface area (Å²) in [7, 11) is 0. The molecule has 0 aliphatic heterocycles. The Labute approximate surface area is 190 Å². The quantitative estimate of drug-likeness (QED) is 0.367. The third-order valence-electron chi connectivity index (χ3n) is 4.71. The molecule has 0 bridgehead atoms. The van der Waals surface area contributed by atoms with E-state index in [9.17, 15) is 22.8 Å². The molecule has 0 spiro atoms. The molecule has 2 aromatic heterocycles. The Morgan fingerprint density at radius 1 is 0.970 bits per heavy atom. The fourth-order valence-corrected chi connectivity index (χ4v) is 3.45. The van der Waals surface area contributed by atoms with Crippen LogP contribution < -0.4 is 16.4 Å². The van der Waals surface area contributed by atoms with E-state index >= 15 is 0 Å². The van der Waals surface area contributed by atoms with E-state index in [1.165, 1.54) is 12.1 Å². The number of rotatable bonds is 4. The van der Waals surface area contributed by atoms with Crippen LogP contribution in [-0.4, -0.2) is 21.5 Å². The van der Waals surface area contributed by atoms with Crippen LogP contribution in [0.15, 0.2) is 66.9 Å². The van der Waals surface area contributed by atoms with E-state index in [0.29, 0.717) is 11.5 Å². The number of aromatic nitrogens is 2. The number of amides is 3. The van der Waals surface area contributed by atoms with Crippen molar-refractivity contribution < 1.29 is 22.8 Å². The largest absolute Gasteiger partial charge is 0.417 e. The minimum atomic E-state index is -4.64. The zero-order valence-corrected chi connectivity index (χ0v) is 17.4. The van der Waals surface area contributed by atoms with Gasteiger partial charge in [-0.25, -0.2) is 9.78 Å². The second kappa shape index (κ2) is 8.47. The monoisotopic (exact) mass is 473 g/mol. The van der Waals surface area contributed by atoms with E-state index in [1.54, 1.807) is 47.2 Å². The Bertz CT molecular complexity index is 1380. The topological polar surface area (TPSA) is 102 Å². The zero-order valence-electron chi connectivity index (χ0n) is 16.7. The van der Waals surface area contributed by atoms with Gasteiger partial charge < -0.3 is 20.9 Å². The van der Waals surface area contributed by atoms with Gasteiger partial charge in [-0.05, 0) is 54.6 Å². The number of carbonyl (C=O) groups is 2. The van der Waals surface area contributed by atoms with Crippen LogP contribution in [0.25, 0.3) is 16.7 Å². The molecule has 4 aromatic rings. The van der Waals surface area contributed by atoms with Crippen LogP contribution in [0, 0.1) is 0 Å². The second-order valence-corrected chi connectivity index (χ2v) is 7.38. The Kier molecular flexibility index (Phi) is 5.69. The maximum absolute atomic E-state index is 13.0. The first kappa shape index (κ1) is 22.2. The van der Waals surface area contributed by atoms with Gasteiger partial charge in [0.1, 0.15) is 11.5 Å². The summed E-state index contributed by atoms with van der Waals surface area (Å²) in [6.07, 6.45) is -2.90. The lowest BCUT2D eigenvalue weighted by Crippen LogP contribution is -2.20. The molecule has 0 aliphatic carbocycles. The molecule has 2 heterocycles. The summed E-state index contributed by atoms with van der Waals surface area (Å²) in [6, 6.07) is 14.1. The lowest BCUT2D eigenvalue weighted by atomic mass is 10.2. The van der Waals surface area contributed by atoms with Crippen molar-refractivity contribution in [2.24, 2.45) is 5.73 Å². The van der Waals surface area contributed by atoms with Crippen molar-refractivity contribution in [2.45, 2.75) is 6.18 Å². The Hall–Kier alpha value is -4.05. The van der Waals surface area contributed by atoms with Gasteiger partial charge in [-0.15, -0.1) is 0 Å². The highest BCUT2D eigenvalue weighted by Crippen LogP contribution is 2.36. The van der Waals surface area contributed by atoms with Gasteiger partial charge in [0.15, 0.2) is 0 Å². The number of nitrogens with zero attached hydrogens (tertiary/aromatic N) is 2. The molecule has 0 saturated heterocycles. The van der Waals surface area contributed by atoms with E-state index in [-0.39, 0.29) is 11.4 Å². The molecule has 4 rings (SSSR count). The first-order chi connectivity index (χ1) is 15.6. The van der Waals surface area contributed by atoms with E-state index < -0.39 is 28.7 Å². The third-order valence-corrected chi connectivity index (χ3v) is 5.04. The number of hydrogen-bond acceptors (Lipinski definition) is 3. The van der Waals surface area contributed by atoms with Gasteiger partial charge in [0.2, 0.25) is 0 Å². The number of halogens is 4. The fourth-order valence-electron chi connectivity index (χ4n) is 3.23. The Morgan fingerprint density at radius 2 is 1.67 bits per heavy atom. The molecule has 2 aromatic carbocycles. The van der Waals surface area contributed by atoms with Crippen LogP contribution >= 0.6 is 11.6 Å². The Morgan fingerprint density at radius 3 is 2.36 bits per heavy atom. The van der Waals surface area contributed by atoms with Gasteiger partial charge in [0.25, 0.3) is 5.91 Å². The van der Waals surface area contributed by atoms with E-state index in [1.807, 2.05) is 0 Å². The van der Waals surface area contributed by atoms with E-state index in [2.05, 4.69) is 15.6 Å². The molecule has 168 valence electrons. The smallest absolute Gasteiger partial charge is 0.364 e. The van der Waals surface area contributed by atoms with Gasteiger partial charge in [-0.1, -0.05) is 17.7 Å². The molecule has 0 aliphatic rings. The highest BCUT2D eigenvalue weighted by Gasteiger charge is 2.33. The number of carbonyl (C=O) groups excluding carboxylic acids is 2. The number of primary amides is 1. The van der Waals surface area contributed by atoms with Crippen molar-refractivity contribution in [3.05, 3.63) is 83.1 Å². The van der Waals surface area contributed by atoms with Gasteiger partial charge in [0, 0.05) is 23.0 Å². The molecule has 11 heteroatoms. The average Bonchev–Trinajstić information content (AvgIpc) is 3.17. The predicted molar refractivity (Wildman–Crippen MR) is 119 cm³/mol. The molecule has 7 nitrogen and oxygen atoms in total. The zero-order chi connectivity index (χ0) is 23.8. The first-order valence-electron chi connectivity index (χ1n) is 9.45. The standard InChI is InChI=1S/C22H15ClF3N5O2/c23-16-6-4-14(11-15(16)22(24,25)26)29-21(33)28-13-5-7-18-12(10-13)8-9-31(18)19-3-1-2-17(30-19)20(27)32/h1-11H,(H2,27,32)(H2,28,29,33). The number of benzene rings is 2. The van der Waals surface area contributed by atoms with Crippen molar-refractivity contribution in [1.82, 2.24) is 9.55 Å². The number of anilines is 2. The minimum absolute atomic E-state index is 0.0585. The average molecular weight is 474 g/mol. The molecule has 0 unspecified atom stereocenters. The molecule has 0 saturated carbocycles. The molecule has 0 atom stereocenters. The maximum atomic E-state index is 13.0. The Balaban J connectivity index is 1.53. The molecule has 0 radical (unpaired) electrons. The van der Waals surface area contributed by atoms with Crippen molar-refractivity contribution in [1.29, 1.82) is 0 Å². The number of hydrogen-bond donors (Lipinski definition) is 3. The van der Waals surface area contributed by atoms with Crippen LogP contribution in [0.4, 0.5) is 29.3 Å². The summed E-state index contributed by atoms with van der Waals surface area (Å²) < 4.78 is 40.8. The van der Waals surface area contributed by atoms with Crippen molar-refractivity contribution >= 4 is 45.8 Å². The number of nitrogens with two attached hydrogens (primary N) is 1. The molecule has 33 heavy (non-hydrogen) atoms. The molecule has 0 fully saturated rings. The first-order valence-corrected chi connectivity index (χ1v) is 9.83. The number of urea groups is 1. The van der Waals surface area contributed by atoms with Crippen molar-refractivity contribution in [3.8, 4) is 5.82 Å². The molecular weight excluding hydrogens is 459 g/mol. The summed E-state index contributed by atoms with van der Waals surface area (Å²) in [5, 5.41) is 5.23. The number of fused-ring (bicyclic) bond motifs is 1. The van der Waals surface area contributed by atoms with Crippen LogP contribution in [0.1, 0.15) is 16.1 Å². The maximum Gasteiger partial charge on any atom is 0.417 e. The molecule has 3 amide bonds. The van der Waals surface area contributed by atoms with Crippen LogP contribution in [0.2, 0.25) is 5.02 Å². The lowest BCUT2D eigenvalue weighted by Gasteiger charge is -2.12. The normalized spacial score (nSPS) is 11.4. The molecule has 4 N–H and O–H groups in total. The summed E-state index contributed by atoms with van der Waals surface area (Å²) >= 11 is 5.60. The highest BCUT2D eigenvalue weighted by molar-refractivity contribution is 6.31. The number of nitrogens with one attached hydrogen (secondary N) is 2. The number of pyridine rings is 1. The summed E-state index contributed by atoms with van der Waals surface area (Å²) in [5.41, 5.74) is 5.48. The van der Waals surface area contributed by atoms with Gasteiger partial charge in [0.05, 0.1) is 16.1 Å². The fraction of sp³-hybridized carbons (Fsp3) is 0.0455. The summed E-state index contributed by atoms with van der Waals surface area (Å²) in [6.45, 7) is 0. The van der Waals surface area contributed by atoms with Crippen LogP contribution in [0.5, 0.6) is 0 Å². The highest BCUT2D eigenvalue weighted by atomic mass is 35.5. The summed E-state index contributed by atoms with van der Waals surface area (Å²) in [4.78, 5) is 27.9. The predicted octanol–water partition coefficient (Wildman–Crippen LogP) is 5.44. The van der Waals surface area contributed by atoms with E-state index in [0.717, 1.165) is 23.0 Å². The van der Waals surface area contributed by atoms with Crippen LogP contribution in [0.3, 0.4) is 0 Å². The summed E-state index contributed by atoms with van der Waals surface area (Å²) in [5.74, 6) is -0.156. The number of alkyl halides is 3. The third kappa shape index (κ3) is 4.75. The van der Waals surface area contributed by atoms with Gasteiger partial charge >= 0.3 is 12.2 Å². The van der Waals surface area contributed by atoms with Crippen molar-refractivity contribution in [2.75, 3.05) is 10.6 Å². The van der Waals surface area contributed by atoms with Crippen LogP contribution in [-0.2, 0) is 6.18 Å². The van der Waals surface area contributed by atoms with E-state index in [4.69, 9.17) is 17.3 Å². The molecular formula is C22H15ClF3N5O2. The van der Waals surface area contributed by atoms with Crippen molar-refractivity contribution in [3.63, 3.8) is 0 Å². The van der Waals surface area contributed by atoms with Gasteiger partial charge in [-0.2, -0.15) is 13.2 Å². The second-order valence-electron chi connectivity index (χ2n) is 6.98. The van der Waals surface area contributed by atoms with Gasteiger partial charge in [-0.3, -0.25) is 4.79 Å².